The van der Waals surface area contributed by atoms with Crippen molar-refractivity contribution in [3.8, 4) is 0 Å². The van der Waals surface area contributed by atoms with E-state index in [-0.39, 0.29) is 0 Å². The summed E-state index contributed by atoms with van der Waals surface area (Å²) in [6.45, 7) is 3.29. The summed E-state index contributed by atoms with van der Waals surface area (Å²) < 4.78 is 0. The normalized spacial score (nSPS) is 8.75. The Balaban J connectivity index is 3.21. The highest BCUT2D eigenvalue weighted by atomic mass is 16.3. The highest BCUT2D eigenvalue weighted by Crippen LogP contribution is 1.85. The molecule has 1 N–H and O–H groups in total. The van der Waals surface area contributed by atoms with Crippen LogP contribution in [0.2, 0.25) is 0 Å². The van der Waals surface area contributed by atoms with Gasteiger partial charge < -0.3 is 10.0 Å². The maximum atomic E-state index is 9.86. The molecule has 47 valence electrons. The van der Waals surface area contributed by atoms with Crippen molar-refractivity contribution in [1.82, 2.24) is 4.90 Å². The molecule has 0 aromatic heterocycles. The SMILES string of the molecule is CCCN([CH]O)C=O. The van der Waals surface area contributed by atoms with E-state index in [0.717, 1.165) is 13.2 Å². The molecule has 3 heteroatoms. The maximum Gasteiger partial charge on any atom is 0.211 e. The fourth-order valence-corrected chi connectivity index (χ4v) is 0.396. The number of carbonyl (C=O) groups excluding carboxylic acids is 1. The van der Waals surface area contributed by atoms with Gasteiger partial charge in [-0.25, -0.2) is 0 Å². The maximum absolute atomic E-state index is 9.86. The summed E-state index contributed by atoms with van der Waals surface area (Å²) in [7, 11) is 0. The van der Waals surface area contributed by atoms with E-state index in [2.05, 4.69) is 0 Å². The Labute approximate surface area is 48.9 Å². The van der Waals surface area contributed by atoms with Gasteiger partial charge in [0.2, 0.25) is 6.41 Å². The minimum Gasteiger partial charge on any atom is -0.369 e. The van der Waals surface area contributed by atoms with Gasteiger partial charge in [0.25, 0.3) is 0 Å². The molecule has 0 saturated carbocycles. The lowest BCUT2D eigenvalue weighted by Crippen LogP contribution is -2.18. The van der Waals surface area contributed by atoms with Crippen LogP contribution in [0.5, 0.6) is 0 Å². The molecule has 0 spiro atoms. The molecule has 0 atom stereocenters. The zero-order valence-electron chi connectivity index (χ0n) is 4.87. The summed E-state index contributed by atoms with van der Waals surface area (Å²) in [5.41, 5.74) is 0. The molecular formula is C5H10NO2. The molecule has 0 aromatic rings. The summed E-state index contributed by atoms with van der Waals surface area (Å²) in [6, 6.07) is 0. The van der Waals surface area contributed by atoms with Crippen LogP contribution in [0.3, 0.4) is 0 Å². The summed E-state index contributed by atoms with van der Waals surface area (Å²) in [5.74, 6) is 0. The number of hydrogen-bond donors (Lipinski definition) is 1. The highest BCUT2D eigenvalue weighted by Gasteiger charge is 1.93. The van der Waals surface area contributed by atoms with E-state index in [1.165, 1.54) is 4.90 Å². The van der Waals surface area contributed by atoms with Gasteiger partial charge in [-0.3, -0.25) is 4.79 Å². The molecular weight excluding hydrogens is 106 g/mol. The summed E-state index contributed by atoms with van der Waals surface area (Å²) >= 11 is 0. The highest BCUT2D eigenvalue weighted by molar-refractivity contribution is 5.47. The van der Waals surface area contributed by atoms with Gasteiger partial charge in [0, 0.05) is 6.54 Å². The van der Waals surface area contributed by atoms with E-state index >= 15 is 0 Å². The number of aliphatic hydroxyl groups excluding tert-OH is 1. The average Bonchev–Trinajstić information content (AvgIpc) is 1.83. The average molecular weight is 116 g/mol. The van der Waals surface area contributed by atoms with Crippen molar-refractivity contribution in [3.63, 3.8) is 0 Å². The number of carbonyl (C=O) groups is 1. The predicted molar refractivity (Wildman–Crippen MR) is 29.3 cm³/mol. The van der Waals surface area contributed by atoms with Gasteiger partial charge in [0.05, 0.1) is 0 Å². The van der Waals surface area contributed by atoms with Gasteiger partial charge in [-0.1, -0.05) is 6.92 Å². The van der Waals surface area contributed by atoms with E-state index in [0.29, 0.717) is 13.0 Å². The van der Waals surface area contributed by atoms with E-state index in [9.17, 15) is 4.79 Å². The molecule has 0 heterocycles. The third kappa shape index (κ3) is 2.58. The summed E-state index contributed by atoms with van der Waals surface area (Å²) in [4.78, 5) is 11.0. The first-order valence-corrected chi connectivity index (χ1v) is 2.53. The Bertz CT molecular complexity index is 65.4. The Hall–Kier alpha value is -0.570. The number of nitrogens with zero attached hydrogens (tertiary/aromatic N) is 1. The van der Waals surface area contributed by atoms with Crippen molar-refractivity contribution in [3.05, 3.63) is 6.73 Å². The van der Waals surface area contributed by atoms with Gasteiger partial charge in [-0.05, 0) is 6.42 Å². The fraction of sp³-hybridized carbons (Fsp3) is 0.600. The number of aliphatic hydroxyl groups is 1. The number of hydrogen-bond acceptors (Lipinski definition) is 2. The first-order valence-electron chi connectivity index (χ1n) is 2.53. The monoisotopic (exact) mass is 116 g/mol. The van der Waals surface area contributed by atoms with E-state index in [4.69, 9.17) is 5.11 Å². The zero-order chi connectivity index (χ0) is 6.41. The molecule has 0 aliphatic carbocycles. The van der Waals surface area contributed by atoms with Crippen molar-refractivity contribution in [2.45, 2.75) is 13.3 Å². The Kier molecular flexibility index (Phi) is 4.26. The van der Waals surface area contributed by atoms with Crippen LogP contribution in [0.15, 0.2) is 0 Å². The first kappa shape index (κ1) is 7.43. The standard InChI is InChI=1S/C5H10NO2/c1-2-3-6(4-7)5-8/h4-5,7H,2-3H2,1H3. The lowest BCUT2D eigenvalue weighted by molar-refractivity contribution is -0.118. The lowest BCUT2D eigenvalue weighted by atomic mass is 10.5. The molecule has 8 heavy (non-hydrogen) atoms. The molecule has 0 saturated heterocycles. The van der Waals surface area contributed by atoms with E-state index < -0.39 is 0 Å². The van der Waals surface area contributed by atoms with Crippen LogP contribution in [-0.4, -0.2) is 23.0 Å². The van der Waals surface area contributed by atoms with Crippen LogP contribution in [0.25, 0.3) is 0 Å². The topological polar surface area (TPSA) is 40.5 Å². The third-order valence-electron chi connectivity index (χ3n) is 0.766. The molecule has 1 radical (unpaired) electrons. The molecule has 0 rings (SSSR count). The van der Waals surface area contributed by atoms with Gasteiger partial charge in [-0.15, -0.1) is 0 Å². The van der Waals surface area contributed by atoms with Crippen molar-refractivity contribution in [2.75, 3.05) is 6.54 Å². The minimum absolute atomic E-state index is 0.583. The van der Waals surface area contributed by atoms with Crippen LogP contribution < -0.4 is 0 Å². The van der Waals surface area contributed by atoms with Crippen LogP contribution in [0, 0.1) is 6.73 Å². The molecule has 0 aliphatic heterocycles. The van der Waals surface area contributed by atoms with Gasteiger partial charge in [-0.2, -0.15) is 0 Å². The van der Waals surface area contributed by atoms with E-state index in [1.54, 1.807) is 0 Å². The Morgan fingerprint density at radius 3 is 2.50 bits per heavy atom. The zero-order valence-corrected chi connectivity index (χ0v) is 4.87. The van der Waals surface area contributed by atoms with Crippen molar-refractivity contribution < 1.29 is 9.90 Å². The quantitative estimate of drug-likeness (QED) is 0.538. The van der Waals surface area contributed by atoms with Crippen LogP contribution >= 0.6 is 0 Å². The second-order valence-electron chi connectivity index (χ2n) is 1.46. The van der Waals surface area contributed by atoms with Gasteiger partial charge >= 0.3 is 0 Å². The predicted octanol–water partition coefficient (Wildman–Crippen LogP) is 0.347. The molecule has 0 fully saturated rings. The molecule has 0 unspecified atom stereocenters. The number of rotatable bonds is 4. The van der Waals surface area contributed by atoms with Crippen LogP contribution in [0.1, 0.15) is 13.3 Å². The van der Waals surface area contributed by atoms with Crippen LogP contribution in [-0.2, 0) is 4.79 Å². The van der Waals surface area contributed by atoms with Crippen molar-refractivity contribution >= 4 is 6.41 Å². The molecule has 0 aliphatic rings. The first-order chi connectivity index (χ1) is 3.85. The molecule has 0 bridgehead atoms. The largest absolute Gasteiger partial charge is 0.369 e. The third-order valence-corrected chi connectivity index (χ3v) is 0.766. The van der Waals surface area contributed by atoms with Gasteiger partial charge in [0.15, 0.2) is 6.73 Å². The molecule has 1 amide bonds. The lowest BCUT2D eigenvalue weighted by Gasteiger charge is -2.09. The summed E-state index contributed by atoms with van der Waals surface area (Å²) in [5, 5.41) is 8.23. The van der Waals surface area contributed by atoms with E-state index in [1.807, 2.05) is 6.92 Å². The fourth-order valence-electron chi connectivity index (χ4n) is 0.396. The number of amides is 1. The molecule has 0 aromatic carbocycles. The minimum atomic E-state index is 0.583. The van der Waals surface area contributed by atoms with Gasteiger partial charge in [0.1, 0.15) is 0 Å². The van der Waals surface area contributed by atoms with Crippen LogP contribution in [0.4, 0.5) is 0 Å². The smallest absolute Gasteiger partial charge is 0.211 e. The van der Waals surface area contributed by atoms with Crippen molar-refractivity contribution in [2.24, 2.45) is 0 Å². The van der Waals surface area contributed by atoms with Crippen molar-refractivity contribution in [1.29, 1.82) is 0 Å². The summed E-state index contributed by atoms with van der Waals surface area (Å²) in [6.07, 6.45) is 1.44. The second-order valence-corrected chi connectivity index (χ2v) is 1.46. The Morgan fingerprint density at radius 1 is 1.75 bits per heavy atom. The Morgan fingerprint density at radius 2 is 2.38 bits per heavy atom. The molecule has 3 nitrogen and oxygen atoms in total. The second kappa shape index (κ2) is 4.59.